The summed E-state index contributed by atoms with van der Waals surface area (Å²) in [6.07, 6.45) is -0.222. The number of rotatable bonds is 4. The van der Waals surface area contributed by atoms with Crippen molar-refractivity contribution in [2.24, 2.45) is 0 Å². The van der Waals surface area contributed by atoms with Crippen LogP contribution in [0.3, 0.4) is 0 Å². The van der Waals surface area contributed by atoms with Gasteiger partial charge in [0.05, 0.1) is 18.2 Å². The molecule has 2 rings (SSSR count). The van der Waals surface area contributed by atoms with E-state index in [-0.39, 0.29) is 6.54 Å². The maximum atomic E-state index is 11.4. The van der Waals surface area contributed by atoms with Crippen LogP contribution in [0.15, 0.2) is 24.3 Å². The first-order chi connectivity index (χ1) is 8.47. The summed E-state index contributed by atoms with van der Waals surface area (Å²) in [4.78, 5) is 12.7. The van der Waals surface area contributed by atoms with Crippen LogP contribution in [0.5, 0.6) is 0 Å². The van der Waals surface area contributed by atoms with E-state index in [0.29, 0.717) is 5.02 Å². The van der Waals surface area contributed by atoms with Crippen LogP contribution < -0.4 is 0 Å². The van der Waals surface area contributed by atoms with E-state index in [1.54, 1.807) is 13.0 Å². The number of amides is 1. The number of hydrogen-bond donors (Lipinski definition) is 2. The third-order valence-corrected chi connectivity index (χ3v) is 3.62. The lowest BCUT2D eigenvalue weighted by Gasteiger charge is -2.31. The molecule has 1 saturated carbocycles. The van der Waals surface area contributed by atoms with Crippen molar-refractivity contribution in [3.8, 4) is 0 Å². The van der Waals surface area contributed by atoms with E-state index >= 15 is 0 Å². The number of nitrogens with zero attached hydrogens (tertiary/aromatic N) is 1. The summed E-state index contributed by atoms with van der Waals surface area (Å²) in [5.41, 5.74) is 0.274. The molecule has 0 spiro atoms. The lowest BCUT2D eigenvalue weighted by molar-refractivity contribution is 0.0758. The molecule has 1 unspecified atom stereocenters. The Morgan fingerprint density at radius 3 is 2.56 bits per heavy atom. The van der Waals surface area contributed by atoms with E-state index in [1.165, 1.54) is 4.90 Å². The van der Waals surface area contributed by atoms with Crippen LogP contribution in [0.4, 0.5) is 4.79 Å². The Balaban J connectivity index is 2.35. The summed E-state index contributed by atoms with van der Waals surface area (Å²) in [5.74, 6) is 0. The van der Waals surface area contributed by atoms with Gasteiger partial charge < -0.3 is 10.2 Å². The fourth-order valence-corrected chi connectivity index (χ4v) is 2.65. The van der Waals surface area contributed by atoms with Crippen LogP contribution in [0.25, 0.3) is 0 Å². The van der Waals surface area contributed by atoms with Gasteiger partial charge in [-0.3, -0.25) is 4.90 Å². The second-order valence-electron chi connectivity index (χ2n) is 4.75. The molecule has 4 nitrogen and oxygen atoms in total. The minimum Gasteiger partial charge on any atom is -0.465 e. The van der Waals surface area contributed by atoms with Gasteiger partial charge >= 0.3 is 6.09 Å². The Hall–Kier alpha value is -1.26. The highest BCUT2D eigenvalue weighted by Crippen LogP contribution is 2.53. The lowest BCUT2D eigenvalue weighted by atomic mass is 10.0. The van der Waals surface area contributed by atoms with Gasteiger partial charge in [0.2, 0.25) is 0 Å². The van der Waals surface area contributed by atoms with Gasteiger partial charge in [-0.25, -0.2) is 4.79 Å². The average molecular weight is 270 g/mol. The molecule has 98 valence electrons. The largest absolute Gasteiger partial charge is 0.465 e. The van der Waals surface area contributed by atoms with Crippen LogP contribution in [-0.4, -0.2) is 33.9 Å². The van der Waals surface area contributed by atoms with Gasteiger partial charge in [0.25, 0.3) is 0 Å². The summed E-state index contributed by atoms with van der Waals surface area (Å²) in [6, 6.07) is 7.29. The molecule has 18 heavy (non-hydrogen) atoms. The highest BCUT2D eigenvalue weighted by atomic mass is 35.5. The Labute approximate surface area is 111 Å². The molecule has 0 bridgehead atoms. The minimum absolute atomic E-state index is 0.0978. The van der Waals surface area contributed by atoms with Crippen LogP contribution in [0, 0.1) is 0 Å². The monoisotopic (exact) mass is 269 g/mol. The summed E-state index contributed by atoms with van der Waals surface area (Å²) in [5, 5.41) is 19.3. The number of aliphatic hydroxyl groups is 1. The van der Waals surface area contributed by atoms with Crippen molar-refractivity contribution >= 4 is 17.7 Å². The number of hydrogen-bond acceptors (Lipinski definition) is 2. The maximum absolute atomic E-state index is 11.4. The van der Waals surface area contributed by atoms with Gasteiger partial charge in [0.15, 0.2) is 0 Å². The average Bonchev–Trinajstić information content (AvgIpc) is 3.07. The summed E-state index contributed by atoms with van der Waals surface area (Å²) in [7, 11) is 0. The van der Waals surface area contributed by atoms with E-state index in [9.17, 15) is 15.0 Å². The molecule has 1 aromatic rings. The molecule has 1 atom stereocenters. The Morgan fingerprint density at radius 1 is 1.50 bits per heavy atom. The minimum atomic E-state index is -1.02. The van der Waals surface area contributed by atoms with E-state index < -0.39 is 17.7 Å². The van der Waals surface area contributed by atoms with Crippen molar-refractivity contribution in [1.82, 2.24) is 4.90 Å². The van der Waals surface area contributed by atoms with E-state index in [2.05, 4.69) is 0 Å². The first-order valence-electron chi connectivity index (χ1n) is 5.91. The molecule has 0 aromatic heterocycles. The standard InChI is InChI=1S/C13H16ClNO3/c1-9(16)8-15(12(17)18)13(6-7-13)10-4-2-3-5-11(10)14/h2-5,9,16H,6-8H2,1H3,(H,17,18). The molecule has 5 heteroatoms. The topological polar surface area (TPSA) is 60.8 Å². The predicted octanol–water partition coefficient (Wildman–Crippen LogP) is 2.69. The Kier molecular flexibility index (Phi) is 3.50. The molecule has 0 radical (unpaired) electrons. The zero-order valence-electron chi connectivity index (χ0n) is 10.1. The summed E-state index contributed by atoms with van der Waals surface area (Å²) >= 11 is 6.15. The molecule has 0 aliphatic heterocycles. The van der Waals surface area contributed by atoms with Crippen molar-refractivity contribution < 1.29 is 15.0 Å². The Bertz CT molecular complexity index is 457. The van der Waals surface area contributed by atoms with Crippen LogP contribution in [-0.2, 0) is 5.54 Å². The van der Waals surface area contributed by atoms with Gasteiger partial charge in [0, 0.05) is 5.02 Å². The normalized spacial score (nSPS) is 18.2. The number of carbonyl (C=O) groups is 1. The SMILES string of the molecule is CC(O)CN(C(=O)O)C1(c2ccccc2Cl)CC1. The fourth-order valence-electron chi connectivity index (χ4n) is 2.34. The van der Waals surface area contributed by atoms with Gasteiger partial charge in [-0.2, -0.15) is 0 Å². The number of benzene rings is 1. The molecule has 1 amide bonds. The highest BCUT2D eigenvalue weighted by Gasteiger charge is 2.52. The zero-order chi connectivity index (χ0) is 13.3. The van der Waals surface area contributed by atoms with Crippen LogP contribution >= 0.6 is 11.6 Å². The van der Waals surface area contributed by atoms with Gasteiger partial charge in [-0.05, 0) is 31.4 Å². The van der Waals surface area contributed by atoms with Crippen LogP contribution in [0.1, 0.15) is 25.3 Å². The third-order valence-electron chi connectivity index (χ3n) is 3.29. The van der Waals surface area contributed by atoms with Crippen molar-refractivity contribution in [2.45, 2.75) is 31.4 Å². The second-order valence-corrected chi connectivity index (χ2v) is 5.16. The molecule has 0 saturated heterocycles. The van der Waals surface area contributed by atoms with Gasteiger partial charge in [0.1, 0.15) is 0 Å². The number of halogens is 1. The smallest absolute Gasteiger partial charge is 0.408 e. The molecule has 1 aliphatic carbocycles. The van der Waals surface area contributed by atoms with Gasteiger partial charge in [-0.1, -0.05) is 29.8 Å². The predicted molar refractivity (Wildman–Crippen MR) is 68.8 cm³/mol. The van der Waals surface area contributed by atoms with Crippen molar-refractivity contribution in [3.05, 3.63) is 34.9 Å². The summed E-state index contributed by atoms with van der Waals surface area (Å²) < 4.78 is 0. The van der Waals surface area contributed by atoms with Crippen LogP contribution in [0.2, 0.25) is 5.02 Å². The maximum Gasteiger partial charge on any atom is 0.408 e. The van der Waals surface area contributed by atoms with Crippen molar-refractivity contribution in [3.63, 3.8) is 0 Å². The molecule has 1 aliphatic rings. The summed E-state index contributed by atoms with van der Waals surface area (Å²) in [6.45, 7) is 1.68. The van der Waals surface area contributed by atoms with E-state index in [4.69, 9.17) is 11.6 Å². The first-order valence-corrected chi connectivity index (χ1v) is 6.29. The van der Waals surface area contributed by atoms with Crippen molar-refractivity contribution in [1.29, 1.82) is 0 Å². The fraction of sp³-hybridized carbons (Fsp3) is 0.462. The molecule has 2 N–H and O–H groups in total. The first kappa shape index (κ1) is 13.2. The highest BCUT2D eigenvalue weighted by molar-refractivity contribution is 6.31. The lowest BCUT2D eigenvalue weighted by Crippen LogP contribution is -2.43. The zero-order valence-corrected chi connectivity index (χ0v) is 10.9. The molecular formula is C13H16ClNO3. The second kappa shape index (κ2) is 4.78. The number of aliphatic hydroxyl groups excluding tert-OH is 1. The van der Waals surface area contributed by atoms with E-state index in [0.717, 1.165) is 18.4 Å². The molecule has 1 fully saturated rings. The molecule has 0 heterocycles. The number of carboxylic acid groups (broad SMARTS) is 1. The Morgan fingerprint density at radius 2 is 2.11 bits per heavy atom. The van der Waals surface area contributed by atoms with E-state index in [1.807, 2.05) is 18.2 Å². The van der Waals surface area contributed by atoms with Crippen molar-refractivity contribution in [2.75, 3.05) is 6.54 Å². The quantitative estimate of drug-likeness (QED) is 0.883. The third kappa shape index (κ3) is 2.31. The molecule has 1 aromatic carbocycles. The molecular weight excluding hydrogens is 254 g/mol. The van der Waals surface area contributed by atoms with Gasteiger partial charge in [-0.15, -0.1) is 0 Å².